The first-order chi connectivity index (χ1) is 8.99. The summed E-state index contributed by atoms with van der Waals surface area (Å²) in [7, 11) is 0. The number of amides is 1. The number of aryl methyl sites for hydroxylation is 1. The highest BCUT2D eigenvalue weighted by molar-refractivity contribution is 5.99. The minimum atomic E-state index is 0.101. The number of carbonyl (C=O) groups is 1. The van der Waals surface area contributed by atoms with E-state index in [2.05, 4.69) is 13.8 Å². The number of benzene rings is 1. The molecule has 3 nitrogen and oxygen atoms in total. The first-order valence-electron chi connectivity index (χ1n) is 7.16. The lowest BCUT2D eigenvalue weighted by Crippen LogP contribution is -2.35. The summed E-state index contributed by atoms with van der Waals surface area (Å²) < 4.78 is 0. The third kappa shape index (κ3) is 3.49. The van der Waals surface area contributed by atoms with Gasteiger partial charge in [0.2, 0.25) is 0 Å². The highest BCUT2D eigenvalue weighted by Crippen LogP contribution is 2.30. The second kappa shape index (κ2) is 5.64. The van der Waals surface area contributed by atoms with E-state index in [0.29, 0.717) is 23.2 Å². The molecule has 1 aliphatic rings. The summed E-state index contributed by atoms with van der Waals surface area (Å²) in [6.45, 7) is 7.22. The van der Waals surface area contributed by atoms with Gasteiger partial charge in [-0.3, -0.25) is 4.79 Å². The second-order valence-electron chi connectivity index (χ2n) is 6.00. The largest absolute Gasteiger partial charge is 0.398 e. The fourth-order valence-electron chi connectivity index (χ4n) is 2.24. The molecule has 0 heterocycles. The SMILES string of the molecule is Cc1ccc(N)c(C(=O)N(CCC(C)C)C2CC2)c1. The van der Waals surface area contributed by atoms with Gasteiger partial charge in [0.05, 0.1) is 5.56 Å². The summed E-state index contributed by atoms with van der Waals surface area (Å²) in [6.07, 6.45) is 3.32. The van der Waals surface area contributed by atoms with Gasteiger partial charge < -0.3 is 10.6 Å². The van der Waals surface area contributed by atoms with Gasteiger partial charge in [-0.25, -0.2) is 0 Å². The summed E-state index contributed by atoms with van der Waals surface area (Å²) in [4.78, 5) is 14.7. The average molecular weight is 260 g/mol. The fourth-order valence-corrected chi connectivity index (χ4v) is 2.24. The van der Waals surface area contributed by atoms with Gasteiger partial charge >= 0.3 is 0 Å². The maximum absolute atomic E-state index is 12.7. The van der Waals surface area contributed by atoms with Crippen molar-refractivity contribution in [2.75, 3.05) is 12.3 Å². The maximum Gasteiger partial charge on any atom is 0.256 e. The van der Waals surface area contributed by atoms with Crippen molar-refractivity contribution in [3.63, 3.8) is 0 Å². The van der Waals surface area contributed by atoms with Crippen molar-refractivity contribution < 1.29 is 4.79 Å². The predicted octanol–water partition coefficient (Wildman–Crippen LogP) is 3.23. The Kier molecular flexibility index (Phi) is 4.13. The quantitative estimate of drug-likeness (QED) is 0.826. The molecule has 0 aliphatic heterocycles. The number of hydrogen-bond acceptors (Lipinski definition) is 2. The Morgan fingerprint density at radius 3 is 2.68 bits per heavy atom. The van der Waals surface area contributed by atoms with Crippen LogP contribution < -0.4 is 5.73 Å². The van der Waals surface area contributed by atoms with Crippen LogP contribution in [0.3, 0.4) is 0 Å². The molecule has 0 aromatic heterocycles. The van der Waals surface area contributed by atoms with Gasteiger partial charge in [0.1, 0.15) is 0 Å². The Morgan fingerprint density at radius 2 is 2.11 bits per heavy atom. The summed E-state index contributed by atoms with van der Waals surface area (Å²) in [6, 6.07) is 6.12. The van der Waals surface area contributed by atoms with Crippen molar-refractivity contribution in [1.82, 2.24) is 4.90 Å². The minimum Gasteiger partial charge on any atom is -0.398 e. The number of hydrogen-bond donors (Lipinski definition) is 1. The van der Waals surface area contributed by atoms with E-state index < -0.39 is 0 Å². The third-order valence-corrected chi connectivity index (χ3v) is 3.64. The summed E-state index contributed by atoms with van der Waals surface area (Å²) in [5.74, 6) is 0.716. The molecule has 0 radical (unpaired) electrons. The Hall–Kier alpha value is -1.51. The number of anilines is 1. The zero-order valence-corrected chi connectivity index (χ0v) is 12.1. The fraction of sp³-hybridized carbons (Fsp3) is 0.562. The zero-order valence-electron chi connectivity index (χ0n) is 12.1. The van der Waals surface area contributed by atoms with E-state index in [1.165, 1.54) is 0 Å². The van der Waals surface area contributed by atoms with Gasteiger partial charge in [-0.2, -0.15) is 0 Å². The first-order valence-corrected chi connectivity index (χ1v) is 7.16. The van der Waals surface area contributed by atoms with Crippen LogP contribution in [0.15, 0.2) is 18.2 Å². The highest BCUT2D eigenvalue weighted by Gasteiger charge is 2.33. The van der Waals surface area contributed by atoms with Gasteiger partial charge in [0.25, 0.3) is 5.91 Å². The highest BCUT2D eigenvalue weighted by atomic mass is 16.2. The number of nitrogens with zero attached hydrogens (tertiary/aromatic N) is 1. The molecular formula is C16H24N2O. The molecule has 1 fully saturated rings. The Bertz CT molecular complexity index is 464. The van der Waals surface area contributed by atoms with Crippen molar-refractivity contribution in [3.05, 3.63) is 29.3 Å². The second-order valence-corrected chi connectivity index (χ2v) is 6.00. The van der Waals surface area contributed by atoms with E-state index in [0.717, 1.165) is 31.4 Å². The van der Waals surface area contributed by atoms with Crippen LogP contribution in [0.5, 0.6) is 0 Å². The lowest BCUT2D eigenvalue weighted by Gasteiger charge is -2.24. The Labute approximate surface area is 115 Å². The molecule has 0 spiro atoms. The maximum atomic E-state index is 12.7. The van der Waals surface area contributed by atoms with Crippen molar-refractivity contribution in [1.29, 1.82) is 0 Å². The smallest absolute Gasteiger partial charge is 0.256 e. The van der Waals surface area contributed by atoms with E-state index >= 15 is 0 Å². The zero-order chi connectivity index (χ0) is 14.0. The topological polar surface area (TPSA) is 46.3 Å². The van der Waals surface area contributed by atoms with Crippen LogP contribution >= 0.6 is 0 Å². The number of rotatable bonds is 5. The van der Waals surface area contributed by atoms with Crippen LogP contribution in [-0.4, -0.2) is 23.4 Å². The molecule has 0 saturated heterocycles. The van der Waals surface area contributed by atoms with Gasteiger partial charge in [-0.1, -0.05) is 25.5 Å². The lowest BCUT2D eigenvalue weighted by molar-refractivity contribution is 0.0736. The standard InChI is InChI=1S/C16H24N2O/c1-11(2)8-9-18(13-5-6-13)16(19)14-10-12(3)4-7-15(14)17/h4,7,10-11,13H,5-6,8-9,17H2,1-3H3. The molecule has 1 amide bonds. The molecule has 0 bridgehead atoms. The number of nitrogen functional groups attached to an aromatic ring is 1. The van der Waals surface area contributed by atoms with Crippen LogP contribution in [0.2, 0.25) is 0 Å². The van der Waals surface area contributed by atoms with Crippen LogP contribution in [0, 0.1) is 12.8 Å². The normalized spacial score (nSPS) is 14.7. The van der Waals surface area contributed by atoms with Crippen LogP contribution in [0.1, 0.15) is 49.0 Å². The Balaban J connectivity index is 2.16. The van der Waals surface area contributed by atoms with Gasteiger partial charge in [0.15, 0.2) is 0 Å². The minimum absolute atomic E-state index is 0.101. The monoisotopic (exact) mass is 260 g/mol. The summed E-state index contributed by atoms with van der Waals surface area (Å²) >= 11 is 0. The van der Waals surface area contributed by atoms with E-state index in [-0.39, 0.29) is 5.91 Å². The molecule has 2 rings (SSSR count). The molecule has 3 heteroatoms. The summed E-state index contributed by atoms with van der Waals surface area (Å²) in [5.41, 5.74) is 8.29. The van der Waals surface area contributed by atoms with Gasteiger partial charge in [-0.05, 0) is 44.2 Å². The van der Waals surface area contributed by atoms with Crippen molar-refractivity contribution in [3.8, 4) is 0 Å². The molecule has 19 heavy (non-hydrogen) atoms. The van der Waals surface area contributed by atoms with Crippen molar-refractivity contribution in [2.24, 2.45) is 5.92 Å². The Morgan fingerprint density at radius 1 is 1.42 bits per heavy atom. The molecule has 1 aromatic rings. The van der Waals surface area contributed by atoms with E-state index in [4.69, 9.17) is 5.73 Å². The van der Waals surface area contributed by atoms with Crippen LogP contribution in [-0.2, 0) is 0 Å². The molecule has 104 valence electrons. The van der Waals surface area contributed by atoms with Crippen molar-refractivity contribution >= 4 is 11.6 Å². The number of carbonyl (C=O) groups excluding carboxylic acids is 1. The van der Waals surface area contributed by atoms with Crippen LogP contribution in [0.25, 0.3) is 0 Å². The molecule has 0 atom stereocenters. The first kappa shape index (κ1) is 13.9. The van der Waals surface area contributed by atoms with E-state index in [1.807, 2.05) is 30.0 Å². The summed E-state index contributed by atoms with van der Waals surface area (Å²) in [5, 5.41) is 0. The third-order valence-electron chi connectivity index (χ3n) is 3.64. The van der Waals surface area contributed by atoms with Gasteiger partial charge in [-0.15, -0.1) is 0 Å². The van der Waals surface area contributed by atoms with E-state index in [1.54, 1.807) is 0 Å². The van der Waals surface area contributed by atoms with Crippen molar-refractivity contribution in [2.45, 2.75) is 46.1 Å². The predicted molar refractivity (Wildman–Crippen MR) is 79.1 cm³/mol. The molecule has 1 saturated carbocycles. The molecular weight excluding hydrogens is 236 g/mol. The molecule has 1 aliphatic carbocycles. The molecule has 0 unspecified atom stereocenters. The molecule has 2 N–H and O–H groups in total. The lowest BCUT2D eigenvalue weighted by atomic mass is 10.1. The van der Waals surface area contributed by atoms with E-state index in [9.17, 15) is 4.79 Å². The average Bonchev–Trinajstić information content (AvgIpc) is 3.16. The van der Waals surface area contributed by atoms with Gasteiger partial charge in [0, 0.05) is 18.3 Å². The van der Waals surface area contributed by atoms with Crippen LogP contribution in [0.4, 0.5) is 5.69 Å². The number of nitrogens with two attached hydrogens (primary N) is 1. The molecule has 1 aromatic carbocycles.